The molecule has 4 heterocycles. The van der Waals surface area contributed by atoms with Crippen LogP contribution in [0.2, 0.25) is 10.0 Å². The molecule has 4 aliphatic carbocycles. The van der Waals surface area contributed by atoms with Crippen LogP contribution in [0, 0.1) is 11.8 Å². The predicted molar refractivity (Wildman–Crippen MR) is 217 cm³/mol. The van der Waals surface area contributed by atoms with E-state index in [4.69, 9.17) is 23.2 Å². The molecule has 0 unspecified atom stereocenters. The fourth-order valence-corrected chi connectivity index (χ4v) is 9.94. The van der Waals surface area contributed by atoms with E-state index >= 15 is 0 Å². The van der Waals surface area contributed by atoms with Crippen LogP contribution >= 0.6 is 23.2 Å². The number of benzene rings is 2. The zero-order valence-corrected chi connectivity index (χ0v) is 32.3. The van der Waals surface area contributed by atoms with Gasteiger partial charge in [-0.3, -0.25) is 0 Å². The smallest absolute Gasteiger partial charge is 0.0992 e. The summed E-state index contributed by atoms with van der Waals surface area (Å²) in [7, 11) is 0. The Morgan fingerprint density at radius 3 is 1.19 bits per heavy atom. The molecule has 4 fully saturated rings. The standard InChI is InChI=1S/2C23H25ClN2O/c2*24-19-9-7-16(8-10-19)15-1-5-18(6-2-15)23(27)22-20(17-3-4-17)11-12-26-14-25-13-21(22)26/h2*7-15,17-18,23,27H,1-6H2/t2*15?,18?,23-/m10/s1. The molecule has 2 atom stereocenters. The van der Waals surface area contributed by atoms with Gasteiger partial charge in [0.2, 0.25) is 0 Å². The maximum absolute atomic E-state index is 11.4. The van der Waals surface area contributed by atoms with Crippen LogP contribution in [0.15, 0.2) is 98.1 Å². The van der Waals surface area contributed by atoms with Crippen LogP contribution in [-0.4, -0.2) is 29.0 Å². The number of halogens is 2. The van der Waals surface area contributed by atoms with Crippen molar-refractivity contribution in [2.45, 2.75) is 113 Å². The van der Waals surface area contributed by atoms with Gasteiger partial charge in [-0.2, -0.15) is 0 Å². The highest BCUT2D eigenvalue weighted by atomic mass is 35.5. The molecule has 0 aliphatic heterocycles. The molecule has 4 aromatic heterocycles. The summed E-state index contributed by atoms with van der Waals surface area (Å²) in [5.74, 6) is 3.07. The van der Waals surface area contributed by atoms with E-state index in [9.17, 15) is 10.2 Å². The second-order valence-electron chi connectivity index (χ2n) is 16.5. The van der Waals surface area contributed by atoms with E-state index in [2.05, 4.69) is 58.8 Å². The summed E-state index contributed by atoms with van der Waals surface area (Å²) in [4.78, 5) is 8.62. The molecule has 2 aromatic carbocycles. The first-order valence-corrected chi connectivity index (χ1v) is 20.9. The van der Waals surface area contributed by atoms with Gasteiger partial charge in [-0.15, -0.1) is 0 Å². The molecule has 10 rings (SSSR count). The third-order valence-corrected chi connectivity index (χ3v) is 13.6. The van der Waals surface area contributed by atoms with Crippen LogP contribution in [0.4, 0.5) is 0 Å². The lowest BCUT2D eigenvalue weighted by Gasteiger charge is -2.33. The third-order valence-electron chi connectivity index (χ3n) is 13.1. The highest BCUT2D eigenvalue weighted by molar-refractivity contribution is 6.30. The number of rotatable bonds is 8. The molecule has 0 bridgehead atoms. The number of fused-ring (bicyclic) bond motifs is 2. The molecule has 0 spiro atoms. The van der Waals surface area contributed by atoms with Crippen LogP contribution in [0.3, 0.4) is 0 Å². The minimum absolute atomic E-state index is 0.326. The Kier molecular flexibility index (Phi) is 10.3. The molecule has 6 aromatic rings. The number of nitrogens with zero attached hydrogens (tertiary/aromatic N) is 4. The van der Waals surface area contributed by atoms with E-state index in [1.807, 2.05) is 58.1 Å². The predicted octanol–water partition coefficient (Wildman–Crippen LogP) is 11.7. The van der Waals surface area contributed by atoms with Crippen molar-refractivity contribution < 1.29 is 10.2 Å². The van der Waals surface area contributed by atoms with Crippen LogP contribution < -0.4 is 0 Å². The van der Waals surface area contributed by atoms with Crippen LogP contribution in [0.1, 0.15) is 146 Å². The fourth-order valence-electron chi connectivity index (χ4n) is 9.68. The highest BCUT2D eigenvalue weighted by Crippen LogP contribution is 2.49. The van der Waals surface area contributed by atoms with E-state index in [-0.39, 0.29) is 0 Å². The first-order valence-electron chi connectivity index (χ1n) is 20.2. The zero-order valence-electron chi connectivity index (χ0n) is 30.8. The lowest BCUT2D eigenvalue weighted by Crippen LogP contribution is -2.21. The molecule has 0 amide bonds. The second-order valence-corrected chi connectivity index (χ2v) is 17.4. The number of aliphatic hydroxyl groups is 2. The van der Waals surface area contributed by atoms with Crippen molar-refractivity contribution in [2.75, 3.05) is 0 Å². The fraction of sp³-hybridized carbons (Fsp3) is 0.435. The van der Waals surface area contributed by atoms with E-state index in [0.29, 0.717) is 35.5 Å². The average Bonchev–Trinajstić information content (AvgIpc) is 4.14. The van der Waals surface area contributed by atoms with E-state index < -0.39 is 12.2 Å². The largest absolute Gasteiger partial charge is 0.388 e. The molecule has 280 valence electrons. The van der Waals surface area contributed by atoms with Gasteiger partial charge in [-0.25, -0.2) is 9.97 Å². The molecule has 4 aliphatic rings. The normalized spacial score (nSPS) is 24.2. The minimum atomic E-state index is -0.396. The molecule has 2 N–H and O–H groups in total. The Morgan fingerprint density at radius 1 is 0.481 bits per heavy atom. The Labute approximate surface area is 328 Å². The lowest BCUT2D eigenvalue weighted by molar-refractivity contribution is 0.0808. The number of aromatic nitrogens is 4. The van der Waals surface area contributed by atoms with Crippen molar-refractivity contribution in [3.05, 3.63) is 142 Å². The van der Waals surface area contributed by atoms with Gasteiger partial charge >= 0.3 is 0 Å². The lowest BCUT2D eigenvalue weighted by atomic mass is 9.75. The maximum Gasteiger partial charge on any atom is 0.0992 e. The minimum Gasteiger partial charge on any atom is -0.388 e. The van der Waals surface area contributed by atoms with Gasteiger partial charge in [0.1, 0.15) is 0 Å². The van der Waals surface area contributed by atoms with Crippen molar-refractivity contribution in [3.63, 3.8) is 0 Å². The molecule has 0 radical (unpaired) electrons. The van der Waals surface area contributed by atoms with E-state index in [0.717, 1.165) is 83.6 Å². The Hall–Kier alpha value is -3.68. The zero-order chi connectivity index (χ0) is 36.8. The van der Waals surface area contributed by atoms with Crippen LogP contribution in [0.5, 0.6) is 0 Å². The summed E-state index contributed by atoms with van der Waals surface area (Å²) in [6.07, 6.45) is 24.6. The number of aliphatic hydroxyl groups excluding tert-OH is 2. The molecular formula is C46H50Cl2N4O2. The Balaban J connectivity index is 0.000000142. The molecule has 8 heteroatoms. The van der Waals surface area contributed by atoms with Crippen molar-refractivity contribution in [2.24, 2.45) is 11.8 Å². The average molecular weight is 762 g/mol. The number of hydrogen-bond acceptors (Lipinski definition) is 4. The third kappa shape index (κ3) is 7.47. The van der Waals surface area contributed by atoms with Crippen LogP contribution in [0.25, 0.3) is 11.0 Å². The molecule has 4 saturated carbocycles. The Morgan fingerprint density at radius 2 is 0.833 bits per heavy atom. The van der Waals surface area contributed by atoms with Gasteiger partial charge in [0.05, 0.1) is 48.3 Å². The number of pyridine rings is 2. The van der Waals surface area contributed by atoms with Crippen LogP contribution in [-0.2, 0) is 0 Å². The molecule has 0 saturated heterocycles. The van der Waals surface area contributed by atoms with E-state index in [1.54, 1.807) is 0 Å². The summed E-state index contributed by atoms with van der Waals surface area (Å²) >= 11 is 12.1. The quantitative estimate of drug-likeness (QED) is 0.162. The van der Waals surface area contributed by atoms with Crippen molar-refractivity contribution in [1.29, 1.82) is 0 Å². The molecular weight excluding hydrogens is 711 g/mol. The van der Waals surface area contributed by atoms with Crippen molar-refractivity contribution in [1.82, 2.24) is 18.8 Å². The summed E-state index contributed by atoms with van der Waals surface area (Å²) in [5, 5.41) is 24.3. The molecule has 6 nitrogen and oxygen atoms in total. The first kappa shape index (κ1) is 36.0. The van der Waals surface area contributed by atoms with Gasteiger partial charge in [-0.1, -0.05) is 47.5 Å². The first-order chi connectivity index (χ1) is 26.4. The summed E-state index contributed by atoms with van der Waals surface area (Å²) in [6.45, 7) is 0. The van der Waals surface area contributed by atoms with Gasteiger partial charge in [0, 0.05) is 33.6 Å². The maximum atomic E-state index is 11.4. The number of hydrogen-bond donors (Lipinski definition) is 2. The topological polar surface area (TPSA) is 75.1 Å². The van der Waals surface area contributed by atoms with Gasteiger partial charge in [0.15, 0.2) is 0 Å². The highest BCUT2D eigenvalue weighted by Gasteiger charge is 2.36. The second kappa shape index (κ2) is 15.5. The summed E-state index contributed by atoms with van der Waals surface area (Å²) < 4.78 is 4.09. The van der Waals surface area contributed by atoms with Crippen molar-refractivity contribution in [3.8, 4) is 0 Å². The SMILES string of the molecule is O[C@@H](c1c(C2CC2)ccn2cncc12)C1CCC(c2ccc(Cl)cc2)CC1.O[C@H](c1c(C2CC2)ccn2cncc12)C1CCC(c2ccc(Cl)cc2)CC1. The number of imidazole rings is 2. The summed E-state index contributed by atoms with van der Waals surface area (Å²) in [5.41, 5.74) is 9.86. The van der Waals surface area contributed by atoms with Gasteiger partial charge in [-0.05, 0) is 171 Å². The monoisotopic (exact) mass is 760 g/mol. The van der Waals surface area contributed by atoms with E-state index in [1.165, 1.54) is 47.9 Å². The Bertz CT molecular complexity index is 2030. The van der Waals surface area contributed by atoms with Crippen molar-refractivity contribution >= 4 is 34.2 Å². The molecule has 54 heavy (non-hydrogen) atoms. The van der Waals surface area contributed by atoms with Gasteiger partial charge < -0.3 is 19.0 Å². The van der Waals surface area contributed by atoms with Gasteiger partial charge in [0.25, 0.3) is 0 Å². The summed E-state index contributed by atoms with van der Waals surface area (Å²) in [6, 6.07) is 21.0.